The van der Waals surface area contributed by atoms with Gasteiger partial charge in [0.15, 0.2) is 11.6 Å². The van der Waals surface area contributed by atoms with E-state index in [0.717, 1.165) is 32.0 Å². The summed E-state index contributed by atoms with van der Waals surface area (Å²) in [6.07, 6.45) is 2.56. The number of piperazine rings is 1. The molecule has 0 saturated carbocycles. The van der Waals surface area contributed by atoms with Crippen LogP contribution >= 0.6 is 0 Å². The molecule has 2 N–H and O–H groups in total. The van der Waals surface area contributed by atoms with Crippen LogP contribution in [0.15, 0.2) is 24.9 Å². The molecule has 2 aromatic heterocycles. The molecule has 23 heavy (non-hydrogen) atoms. The maximum atomic E-state index is 12.4. The smallest absolute Gasteiger partial charge is 0.200 e. The lowest BCUT2D eigenvalue weighted by atomic mass is 10.0. The number of tetrazole rings is 1. The summed E-state index contributed by atoms with van der Waals surface area (Å²) >= 11 is 0. The minimum absolute atomic E-state index is 0.0634. The fraction of sp³-hybridized carbons (Fsp3) is 0.400. The van der Waals surface area contributed by atoms with Gasteiger partial charge in [0.05, 0.1) is 0 Å². The van der Waals surface area contributed by atoms with E-state index in [2.05, 4.69) is 42.4 Å². The number of hydrogen-bond donors (Lipinski definition) is 2. The van der Waals surface area contributed by atoms with E-state index >= 15 is 0 Å². The fourth-order valence-corrected chi connectivity index (χ4v) is 2.49. The molecule has 1 aliphatic heterocycles. The van der Waals surface area contributed by atoms with Crippen molar-refractivity contribution in [3.05, 3.63) is 36.3 Å². The Bertz CT molecular complexity index is 677. The molecular formula is C15H19N7O. The molecule has 3 rings (SSSR count). The Morgan fingerprint density at radius 2 is 2.13 bits per heavy atom. The van der Waals surface area contributed by atoms with Crippen LogP contribution in [0.1, 0.15) is 29.0 Å². The highest BCUT2D eigenvalue weighted by molar-refractivity contribution is 5.97. The average molecular weight is 313 g/mol. The van der Waals surface area contributed by atoms with Crippen molar-refractivity contribution in [3.8, 4) is 0 Å². The third kappa shape index (κ3) is 3.78. The summed E-state index contributed by atoms with van der Waals surface area (Å²) in [6, 6.07) is 3.62. The number of aromatic nitrogens is 5. The second-order valence-electron chi connectivity index (χ2n) is 5.40. The Morgan fingerprint density at radius 3 is 2.87 bits per heavy atom. The van der Waals surface area contributed by atoms with Crippen molar-refractivity contribution in [2.75, 3.05) is 31.1 Å². The fourth-order valence-electron chi connectivity index (χ4n) is 2.49. The summed E-state index contributed by atoms with van der Waals surface area (Å²) in [5, 5.41) is 16.9. The van der Waals surface area contributed by atoms with Gasteiger partial charge in [0.1, 0.15) is 5.82 Å². The summed E-state index contributed by atoms with van der Waals surface area (Å²) < 4.78 is 0. The molecule has 0 aliphatic carbocycles. The van der Waals surface area contributed by atoms with Gasteiger partial charge in [-0.1, -0.05) is 6.58 Å². The Hall–Kier alpha value is -2.61. The summed E-state index contributed by atoms with van der Waals surface area (Å²) in [5.41, 5.74) is 1.37. The molecular weight excluding hydrogens is 294 g/mol. The molecule has 8 nitrogen and oxygen atoms in total. The van der Waals surface area contributed by atoms with Crippen LogP contribution in [-0.4, -0.2) is 57.6 Å². The van der Waals surface area contributed by atoms with Crippen LogP contribution < -0.4 is 10.2 Å². The molecule has 8 heteroatoms. The second-order valence-corrected chi connectivity index (χ2v) is 5.40. The van der Waals surface area contributed by atoms with Crippen molar-refractivity contribution in [2.45, 2.75) is 12.8 Å². The van der Waals surface area contributed by atoms with E-state index < -0.39 is 0 Å². The van der Waals surface area contributed by atoms with Gasteiger partial charge in [-0.15, -0.1) is 10.2 Å². The molecule has 1 aliphatic rings. The van der Waals surface area contributed by atoms with Crippen molar-refractivity contribution in [1.82, 2.24) is 30.9 Å². The number of H-pyrrole nitrogens is 1. The summed E-state index contributed by atoms with van der Waals surface area (Å²) in [4.78, 5) is 19.0. The number of allylic oxidation sites excluding steroid dienone is 1. The van der Waals surface area contributed by atoms with Crippen molar-refractivity contribution in [2.24, 2.45) is 0 Å². The van der Waals surface area contributed by atoms with Gasteiger partial charge in [-0.3, -0.25) is 4.79 Å². The normalized spacial score (nSPS) is 14.7. The van der Waals surface area contributed by atoms with Crippen molar-refractivity contribution in [3.63, 3.8) is 0 Å². The van der Waals surface area contributed by atoms with Crippen molar-refractivity contribution < 1.29 is 4.79 Å². The van der Waals surface area contributed by atoms with Crippen LogP contribution in [0, 0.1) is 0 Å². The lowest BCUT2D eigenvalue weighted by Crippen LogP contribution is -2.43. The van der Waals surface area contributed by atoms with E-state index in [4.69, 9.17) is 0 Å². The van der Waals surface area contributed by atoms with Crippen LogP contribution in [0.4, 0.5) is 5.82 Å². The van der Waals surface area contributed by atoms with E-state index in [1.165, 1.54) is 0 Å². The zero-order valence-corrected chi connectivity index (χ0v) is 12.8. The molecule has 120 valence electrons. The average Bonchev–Trinajstić information content (AvgIpc) is 3.15. The number of aromatic amines is 1. The van der Waals surface area contributed by atoms with Gasteiger partial charge in [0.2, 0.25) is 0 Å². The van der Waals surface area contributed by atoms with Crippen LogP contribution in [0.25, 0.3) is 5.57 Å². The third-order valence-corrected chi connectivity index (χ3v) is 3.82. The quantitative estimate of drug-likeness (QED) is 0.756. The highest BCUT2D eigenvalue weighted by Crippen LogP contribution is 2.18. The highest BCUT2D eigenvalue weighted by Gasteiger charge is 2.15. The van der Waals surface area contributed by atoms with Gasteiger partial charge in [-0.05, 0) is 29.3 Å². The van der Waals surface area contributed by atoms with E-state index in [1.54, 1.807) is 12.3 Å². The number of carbonyl (C=O) groups excluding carboxylic acids is 1. The Balaban J connectivity index is 1.62. The monoisotopic (exact) mass is 313 g/mol. The van der Waals surface area contributed by atoms with Gasteiger partial charge in [-0.25, -0.2) is 4.98 Å². The maximum Gasteiger partial charge on any atom is 0.200 e. The van der Waals surface area contributed by atoms with Crippen LogP contribution in [0.2, 0.25) is 0 Å². The van der Waals surface area contributed by atoms with Crippen molar-refractivity contribution >= 4 is 17.2 Å². The van der Waals surface area contributed by atoms with Crippen LogP contribution in [0.5, 0.6) is 0 Å². The first-order valence-corrected chi connectivity index (χ1v) is 7.60. The van der Waals surface area contributed by atoms with Gasteiger partial charge in [-0.2, -0.15) is 5.21 Å². The number of anilines is 1. The zero-order chi connectivity index (χ0) is 16.1. The molecule has 3 heterocycles. The van der Waals surface area contributed by atoms with Gasteiger partial charge in [0, 0.05) is 44.4 Å². The van der Waals surface area contributed by atoms with Crippen LogP contribution in [0.3, 0.4) is 0 Å². The Kier molecular flexibility index (Phi) is 4.72. The maximum absolute atomic E-state index is 12.4. The topological polar surface area (TPSA) is 99.7 Å². The molecule has 0 radical (unpaired) electrons. The molecule has 0 spiro atoms. The van der Waals surface area contributed by atoms with E-state index in [1.807, 2.05) is 6.07 Å². The Morgan fingerprint density at radius 1 is 1.30 bits per heavy atom. The molecule has 0 atom stereocenters. The number of rotatable bonds is 6. The SMILES string of the molecule is C=C(CCC(=O)c1ccnc(N2CCNCC2)c1)c1nn[nH]n1. The molecule has 0 bridgehead atoms. The number of hydrogen-bond acceptors (Lipinski definition) is 7. The minimum atomic E-state index is 0.0634. The summed E-state index contributed by atoms with van der Waals surface area (Å²) in [7, 11) is 0. The largest absolute Gasteiger partial charge is 0.354 e. The standard InChI is InChI=1S/C15H19N7O/c1-11(15-18-20-21-19-15)2-3-13(23)12-4-5-17-14(10-12)22-8-6-16-7-9-22/h4-5,10,16H,1-3,6-9H2,(H,18,19,20,21). The highest BCUT2D eigenvalue weighted by atomic mass is 16.1. The van der Waals surface area contributed by atoms with E-state index in [9.17, 15) is 4.79 Å². The lowest BCUT2D eigenvalue weighted by molar-refractivity contribution is 0.0984. The van der Waals surface area contributed by atoms with Crippen molar-refractivity contribution in [1.29, 1.82) is 0 Å². The first-order valence-electron chi connectivity index (χ1n) is 7.60. The summed E-state index contributed by atoms with van der Waals surface area (Å²) in [6.45, 7) is 7.56. The molecule has 0 aromatic carbocycles. The number of nitrogens with zero attached hydrogens (tertiary/aromatic N) is 5. The molecule has 0 amide bonds. The Labute approximate surface area is 134 Å². The molecule has 1 saturated heterocycles. The number of ketones is 1. The van der Waals surface area contributed by atoms with Gasteiger partial charge in [0.25, 0.3) is 0 Å². The van der Waals surface area contributed by atoms with E-state index in [0.29, 0.717) is 29.8 Å². The van der Waals surface area contributed by atoms with Gasteiger partial charge >= 0.3 is 0 Å². The van der Waals surface area contributed by atoms with Gasteiger partial charge < -0.3 is 10.2 Å². The number of pyridine rings is 1. The third-order valence-electron chi connectivity index (χ3n) is 3.82. The predicted molar refractivity (Wildman–Crippen MR) is 86.1 cm³/mol. The number of carbonyl (C=O) groups is 1. The first kappa shape index (κ1) is 15.3. The number of nitrogens with one attached hydrogen (secondary N) is 2. The zero-order valence-electron chi connectivity index (χ0n) is 12.8. The number of Topliss-reactive ketones (excluding diaryl/α,β-unsaturated/α-hetero) is 1. The minimum Gasteiger partial charge on any atom is -0.354 e. The molecule has 0 unspecified atom stereocenters. The predicted octanol–water partition coefficient (Wildman–Crippen LogP) is 0.681. The molecule has 1 fully saturated rings. The lowest BCUT2D eigenvalue weighted by Gasteiger charge is -2.28. The second kappa shape index (κ2) is 7.10. The van der Waals surface area contributed by atoms with Crippen LogP contribution in [-0.2, 0) is 0 Å². The van der Waals surface area contributed by atoms with E-state index in [-0.39, 0.29) is 5.78 Å². The first-order chi connectivity index (χ1) is 11.2. The molecule has 2 aromatic rings. The summed E-state index contributed by atoms with van der Waals surface area (Å²) in [5.74, 6) is 1.37.